The smallest absolute Gasteiger partial charge is 0.347 e. The van der Waals surface area contributed by atoms with E-state index < -0.39 is 16.0 Å². The van der Waals surface area contributed by atoms with Crippen LogP contribution in [0.1, 0.15) is 16.6 Å². The Labute approximate surface area is 109 Å². The number of carboxylic acids is 1. The Kier molecular flexibility index (Phi) is 3.71. The quantitative estimate of drug-likeness (QED) is 0.892. The molecule has 2 heterocycles. The van der Waals surface area contributed by atoms with Crippen LogP contribution in [-0.4, -0.2) is 49.6 Å². The molecule has 8 heteroatoms. The topological polar surface area (TPSA) is 83.9 Å². The summed E-state index contributed by atoms with van der Waals surface area (Å²) in [6.45, 7) is 2.64. The second-order valence-electron chi connectivity index (χ2n) is 3.96. The Bertz CT molecular complexity index is 550. The summed E-state index contributed by atoms with van der Waals surface area (Å²) < 4.78 is 31.3. The first-order valence-corrected chi connectivity index (χ1v) is 7.67. The van der Waals surface area contributed by atoms with E-state index in [1.54, 1.807) is 6.92 Å². The third-order valence-electron chi connectivity index (χ3n) is 2.72. The molecule has 0 spiro atoms. The minimum absolute atomic E-state index is 0.131. The van der Waals surface area contributed by atoms with Crippen LogP contribution in [0.3, 0.4) is 0 Å². The van der Waals surface area contributed by atoms with Gasteiger partial charge in [0.2, 0.25) is 10.0 Å². The van der Waals surface area contributed by atoms with Crippen molar-refractivity contribution in [3.05, 3.63) is 16.3 Å². The van der Waals surface area contributed by atoms with Crippen LogP contribution in [-0.2, 0) is 14.8 Å². The van der Waals surface area contributed by atoms with Crippen LogP contribution in [0.5, 0.6) is 0 Å². The Morgan fingerprint density at radius 2 is 2.33 bits per heavy atom. The fourth-order valence-corrected chi connectivity index (χ4v) is 4.69. The highest BCUT2D eigenvalue weighted by Crippen LogP contribution is 2.27. The average Bonchev–Trinajstić information content (AvgIpc) is 2.78. The number of thiophene rings is 1. The molecule has 1 N–H and O–H groups in total. The molecule has 100 valence electrons. The number of ether oxygens (including phenoxy) is 1. The largest absolute Gasteiger partial charge is 0.477 e. The zero-order chi connectivity index (χ0) is 13.3. The Balaban J connectivity index is 2.41. The van der Waals surface area contributed by atoms with E-state index >= 15 is 0 Å². The predicted molar refractivity (Wildman–Crippen MR) is 65.5 cm³/mol. The molecule has 0 bridgehead atoms. The molecule has 1 fully saturated rings. The first-order chi connectivity index (χ1) is 8.44. The summed E-state index contributed by atoms with van der Waals surface area (Å²) in [6, 6.07) is 1.05. The van der Waals surface area contributed by atoms with Gasteiger partial charge < -0.3 is 9.84 Å². The van der Waals surface area contributed by atoms with Crippen molar-refractivity contribution in [1.82, 2.24) is 4.31 Å². The lowest BCUT2D eigenvalue weighted by atomic mass is 10.3. The molecule has 0 amide bonds. The lowest BCUT2D eigenvalue weighted by Crippen LogP contribution is -2.47. The maximum Gasteiger partial charge on any atom is 0.347 e. The average molecular weight is 291 g/mol. The summed E-state index contributed by atoms with van der Waals surface area (Å²) in [5.41, 5.74) is 0. The van der Waals surface area contributed by atoms with Crippen LogP contribution in [0.25, 0.3) is 0 Å². The van der Waals surface area contributed by atoms with E-state index in [1.807, 2.05) is 0 Å². The normalized spacial score (nSPS) is 21.9. The van der Waals surface area contributed by atoms with Crippen molar-refractivity contribution in [3.8, 4) is 0 Å². The van der Waals surface area contributed by atoms with Gasteiger partial charge >= 0.3 is 5.97 Å². The summed E-state index contributed by atoms with van der Waals surface area (Å²) in [6.07, 6.45) is 0. The lowest BCUT2D eigenvalue weighted by molar-refractivity contribution is 0.0392. The van der Waals surface area contributed by atoms with Crippen LogP contribution in [0, 0.1) is 0 Å². The Morgan fingerprint density at radius 1 is 1.61 bits per heavy atom. The second-order valence-corrected chi connectivity index (χ2v) is 6.73. The third kappa shape index (κ3) is 2.28. The third-order valence-corrected chi connectivity index (χ3v) is 5.80. The van der Waals surface area contributed by atoms with Gasteiger partial charge in [-0.1, -0.05) is 0 Å². The van der Waals surface area contributed by atoms with E-state index in [2.05, 4.69) is 0 Å². The number of carbonyl (C=O) groups is 1. The molecule has 1 atom stereocenters. The van der Waals surface area contributed by atoms with Gasteiger partial charge in [-0.3, -0.25) is 0 Å². The van der Waals surface area contributed by atoms with Crippen molar-refractivity contribution >= 4 is 27.3 Å². The van der Waals surface area contributed by atoms with Gasteiger partial charge in [0.1, 0.15) is 9.77 Å². The molecular weight excluding hydrogens is 278 g/mol. The van der Waals surface area contributed by atoms with Crippen LogP contribution in [0.4, 0.5) is 0 Å². The van der Waals surface area contributed by atoms with Crippen molar-refractivity contribution in [3.63, 3.8) is 0 Å². The van der Waals surface area contributed by atoms with E-state index in [0.29, 0.717) is 13.2 Å². The van der Waals surface area contributed by atoms with Crippen molar-refractivity contribution in [2.24, 2.45) is 0 Å². The molecule has 1 aliphatic rings. The van der Waals surface area contributed by atoms with Gasteiger partial charge in [0.15, 0.2) is 0 Å². The molecule has 2 rings (SSSR count). The van der Waals surface area contributed by atoms with Crippen molar-refractivity contribution in [1.29, 1.82) is 0 Å². The number of hydrogen-bond acceptors (Lipinski definition) is 5. The zero-order valence-electron chi connectivity index (χ0n) is 9.70. The first kappa shape index (κ1) is 13.5. The van der Waals surface area contributed by atoms with Gasteiger partial charge in [0, 0.05) is 12.6 Å². The molecule has 1 aromatic rings. The molecule has 18 heavy (non-hydrogen) atoms. The van der Waals surface area contributed by atoms with Crippen LogP contribution < -0.4 is 0 Å². The van der Waals surface area contributed by atoms with Gasteiger partial charge in [-0.25, -0.2) is 13.2 Å². The highest BCUT2D eigenvalue weighted by atomic mass is 32.2. The van der Waals surface area contributed by atoms with Gasteiger partial charge in [-0.15, -0.1) is 11.3 Å². The standard InChI is InChI=1S/C10H13NO5S2/c1-7-6-16-4-3-11(7)18(14,15)8-2-5-17-9(8)10(12)13/h2,5,7H,3-4,6H2,1H3,(H,12,13)/t7-/m1/s1. The van der Waals surface area contributed by atoms with Crippen molar-refractivity contribution in [2.75, 3.05) is 19.8 Å². The molecule has 1 saturated heterocycles. The summed E-state index contributed by atoms with van der Waals surface area (Å²) in [5.74, 6) is -1.22. The van der Waals surface area contributed by atoms with E-state index in [4.69, 9.17) is 9.84 Å². The maximum atomic E-state index is 12.4. The van der Waals surface area contributed by atoms with E-state index in [9.17, 15) is 13.2 Å². The predicted octanol–water partition coefficient (Wildman–Crippen LogP) is 0.856. The fourth-order valence-electron chi connectivity index (χ4n) is 1.85. The fraction of sp³-hybridized carbons (Fsp3) is 0.500. The van der Waals surface area contributed by atoms with Gasteiger partial charge in [0.05, 0.1) is 13.2 Å². The molecule has 6 nitrogen and oxygen atoms in total. The minimum atomic E-state index is -3.76. The summed E-state index contributed by atoms with van der Waals surface area (Å²) >= 11 is 0.913. The molecule has 0 unspecified atom stereocenters. The highest BCUT2D eigenvalue weighted by molar-refractivity contribution is 7.89. The van der Waals surface area contributed by atoms with Crippen LogP contribution >= 0.6 is 11.3 Å². The van der Waals surface area contributed by atoms with Crippen LogP contribution in [0.15, 0.2) is 16.3 Å². The molecule has 1 aliphatic heterocycles. The van der Waals surface area contributed by atoms with Gasteiger partial charge in [-0.2, -0.15) is 4.31 Å². The van der Waals surface area contributed by atoms with Gasteiger partial charge in [0.25, 0.3) is 0 Å². The zero-order valence-corrected chi connectivity index (χ0v) is 11.3. The van der Waals surface area contributed by atoms with Crippen molar-refractivity contribution < 1.29 is 23.1 Å². The molecule has 0 aromatic carbocycles. The maximum absolute atomic E-state index is 12.4. The number of carboxylic acid groups (broad SMARTS) is 1. The van der Waals surface area contributed by atoms with E-state index in [1.165, 1.54) is 15.8 Å². The monoisotopic (exact) mass is 291 g/mol. The Morgan fingerprint density at radius 3 is 2.94 bits per heavy atom. The number of hydrogen-bond donors (Lipinski definition) is 1. The summed E-state index contributed by atoms with van der Waals surface area (Å²) in [7, 11) is -3.76. The molecule has 1 aromatic heterocycles. The molecular formula is C10H13NO5S2. The number of aromatic carboxylic acids is 1. The highest BCUT2D eigenvalue weighted by Gasteiger charge is 2.34. The first-order valence-electron chi connectivity index (χ1n) is 5.35. The SMILES string of the molecule is C[C@@H]1COCCN1S(=O)(=O)c1ccsc1C(=O)O. The molecule has 0 aliphatic carbocycles. The van der Waals surface area contributed by atoms with E-state index in [-0.39, 0.29) is 22.4 Å². The summed E-state index contributed by atoms with van der Waals surface area (Å²) in [4.78, 5) is 10.7. The van der Waals surface area contributed by atoms with Crippen molar-refractivity contribution in [2.45, 2.75) is 17.9 Å². The lowest BCUT2D eigenvalue weighted by Gasteiger charge is -2.32. The molecule has 0 radical (unpaired) electrons. The molecule has 0 saturated carbocycles. The summed E-state index contributed by atoms with van der Waals surface area (Å²) in [5, 5.41) is 10.5. The van der Waals surface area contributed by atoms with Crippen LogP contribution in [0.2, 0.25) is 0 Å². The number of rotatable bonds is 3. The Hall–Kier alpha value is -0.960. The second kappa shape index (κ2) is 4.96. The van der Waals surface area contributed by atoms with Gasteiger partial charge in [-0.05, 0) is 18.4 Å². The minimum Gasteiger partial charge on any atom is -0.477 e. The number of nitrogens with zero attached hydrogens (tertiary/aromatic N) is 1. The van der Waals surface area contributed by atoms with E-state index in [0.717, 1.165) is 11.3 Å². The number of sulfonamides is 1. The number of morpholine rings is 1.